The van der Waals surface area contributed by atoms with Gasteiger partial charge in [0.05, 0.1) is 0 Å². The number of nitrogens with two attached hydrogens (primary N) is 1. The second-order valence-corrected chi connectivity index (χ2v) is 6.44. The zero-order valence-corrected chi connectivity index (χ0v) is 14.1. The zero-order chi connectivity index (χ0) is 15.4. The predicted octanol–water partition coefficient (Wildman–Crippen LogP) is 2.72. The molecular formula is C18H31N3. The van der Waals surface area contributed by atoms with E-state index in [0.29, 0.717) is 18.6 Å². The molecule has 3 heteroatoms. The molecule has 2 unspecified atom stereocenters. The second kappa shape index (κ2) is 7.39. The van der Waals surface area contributed by atoms with E-state index in [9.17, 15) is 0 Å². The van der Waals surface area contributed by atoms with Crippen molar-refractivity contribution < 1.29 is 0 Å². The Morgan fingerprint density at radius 2 is 1.71 bits per heavy atom. The summed E-state index contributed by atoms with van der Waals surface area (Å²) < 4.78 is 0. The van der Waals surface area contributed by atoms with Gasteiger partial charge in [0.25, 0.3) is 0 Å². The molecule has 1 aliphatic heterocycles. The second-order valence-electron chi connectivity index (χ2n) is 6.44. The van der Waals surface area contributed by atoms with Crippen LogP contribution in [0.15, 0.2) is 18.2 Å². The maximum atomic E-state index is 6.12. The average Bonchev–Trinajstić information content (AvgIpc) is 2.51. The van der Waals surface area contributed by atoms with Crippen LogP contribution in [0.5, 0.6) is 0 Å². The van der Waals surface area contributed by atoms with E-state index in [0.717, 1.165) is 26.2 Å². The zero-order valence-electron chi connectivity index (χ0n) is 14.1. The third kappa shape index (κ3) is 3.85. The minimum Gasteiger partial charge on any atom is -0.329 e. The maximum Gasteiger partial charge on any atom is 0.0474 e. The van der Waals surface area contributed by atoms with Crippen molar-refractivity contribution in [2.45, 2.75) is 46.2 Å². The number of hydrogen-bond donors (Lipinski definition) is 1. The third-order valence-electron chi connectivity index (χ3n) is 5.02. The molecule has 1 saturated heterocycles. The van der Waals surface area contributed by atoms with E-state index in [1.807, 2.05) is 0 Å². The Kier molecular flexibility index (Phi) is 5.80. The summed E-state index contributed by atoms with van der Waals surface area (Å²) in [6, 6.07) is 7.79. The SMILES string of the molecule is CCC(C)N1CCN(C(CN)c2cc(C)ccc2C)CC1. The first-order valence-electron chi connectivity index (χ1n) is 8.32. The highest BCUT2D eigenvalue weighted by Gasteiger charge is 2.26. The minimum atomic E-state index is 0.365. The molecule has 0 amide bonds. The van der Waals surface area contributed by atoms with E-state index in [4.69, 9.17) is 5.73 Å². The highest BCUT2D eigenvalue weighted by atomic mass is 15.3. The van der Waals surface area contributed by atoms with E-state index in [2.05, 4.69) is 55.7 Å². The van der Waals surface area contributed by atoms with E-state index >= 15 is 0 Å². The van der Waals surface area contributed by atoms with Gasteiger partial charge >= 0.3 is 0 Å². The number of rotatable bonds is 5. The average molecular weight is 289 g/mol. The van der Waals surface area contributed by atoms with Crippen LogP contribution in [0.3, 0.4) is 0 Å². The molecule has 118 valence electrons. The molecule has 1 fully saturated rings. The Bertz CT molecular complexity index is 450. The van der Waals surface area contributed by atoms with Crippen LogP contribution >= 0.6 is 0 Å². The summed E-state index contributed by atoms with van der Waals surface area (Å²) in [5.74, 6) is 0. The summed E-state index contributed by atoms with van der Waals surface area (Å²) in [6.45, 7) is 14.3. The highest BCUT2D eigenvalue weighted by Crippen LogP contribution is 2.25. The van der Waals surface area contributed by atoms with Crippen molar-refractivity contribution >= 4 is 0 Å². The molecule has 0 aliphatic carbocycles. The normalized spacial score (nSPS) is 20.4. The summed E-state index contributed by atoms with van der Waals surface area (Å²) >= 11 is 0. The molecule has 2 rings (SSSR count). The molecule has 1 aromatic rings. The van der Waals surface area contributed by atoms with Gasteiger partial charge in [0.2, 0.25) is 0 Å². The largest absolute Gasteiger partial charge is 0.329 e. The molecule has 0 saturated carbocycles. The molecule has 1 heterocycles. The van der Waals surface area contributed by atoms with Crippen LogP contribution in [-0.2, 0) is 0 Å². The third-order valence-corrected chi connectivity index (χ3v) is 5.02. The lowest BCUT2D eigenvalue weighted by Gasteiger charge is -2.41. The number of nitrogens with zero attached hydrogens (tertiary/aromatic N) is 2. The standard InChI is InChI=1S/C18H31N3/c1-5-16(4)20-8-10-21(11-9-20)18(13-19)17-12-14(2)6-7-15(17)3/h6-7,12,16,18H,5,8-11,13,19H2,1-4H3. The van der Waals surface area contributed by atoms with Gasteiger partial charge in [-0.3, -0.25) is 9.80 Å². The Balaban J connectivity index is 2.08. The first-order chi connectivity index (χ1) is 10.1. The van der Waals surface area contributed by atoms with Gasteiger partial charge in [-0.1, -0.05) is 30.7 Å². The molecule has 2 atom stereocenters. The fourth-order valence-electron chi connectivity index (χ4n) is 3.34. The molecule has 3 nitrogen and oxygen atoms in total. The van der Waals surface area contributed by atoms with Gasteiger partial charge in [-0.15, -0.1) is 0 Å². The van der Waals surface area contributed by atoms with E-state index in [-0.39, 0.29) is 0 Å². The van der Waals surface area contributed by atoms with Crippen molar-refractivity contribution in [3.63, 3.8) is 0 Å². The van der Waals surface area contributed by atoms with E-state index < -0.39 is 0 Å². The molecular weight excluding hydrogens is 258 g/mol. The molecule has 1 aromatic carbocycles. The van der Waals surface area contributed by atoms with Gasteiger partial charge in [-0.25, -0.2) is 0 Å². The Morgan fingerprint density at radius 1 is 1.10 bits per heavy atom. The molecule has 1 aliphatic rings. The fraction of sp³-hybridized carbons (Fsp3) is 0.667. The minimum absolute atomic E-state index is 0.365. The molecule has 0 aromatic heterocycles. The fourth-order valence-corrected chi connectivity index (χ4v) is 3.34. The molecule has 2 N–H and O–H groups in total. The Labute approximate surface area is 130 Å². The highest BCUT2D eigenvalue weighted by molar-refractivity contribution is 5.33. The van der Waals surface area contributed by atoms with Crippen molar-refractivity contribution in [3.8, 4) is 0 Å². The monoisotopic (exact) mass is 289 g/mol. The lowest BCUT2D eigenvalue weighted by Crippen LogP contribution is -2.51. The summed E-state index contributed by atoms with van der Waals surface area (Å²) in [4.78, 5) is 5.17. The topological polar surface area (TPSA) is 32.5 Å². The van der Waals surface area contributed by atoms with Crippen LogP contribution in [0.2, 0.25) is 0 Å². The van der Waals surface area contributed by atoms with Crippen molar-refractivity contribution in [1.29, 1.82) is 0 Å². The smallest absolute Gasteiger partial charge is 0.0474 e. The molecule has 0 radical (unpaired) electrons. The first-order valence-corrected chi connectivity index (χ1v) is 8.32. The Hall–Kier alpha value is -0.900. The predicted molar refractivity (Wildman–Crippen MR) is 90.6 cm³/mol. The van der Waals surface area contributed by atoms with E-state index in [1.165, 1.54) is 23.1 Å². The summed E-state index contributed by atoms with van der Waals surface area (Å²) in [5.41, 5.74) is 10.2. The van der Waals surface area contributed by atoms with Crippen LogP contribution in [0.4, 0.5) is 0 Å². The van der Waals surface area contributed by atoms with E-state index in [1.54, 1.807) is 0 Å². The number of piperazine rings is 1. The summed E-state index contributed by atoms with van der Waals surface area (Å²) in [5, 5.41) is 0. The van der Waals surface area contributed by atoms with Gasteiger partial charge < -0.3 is 5.73 Å². The van der Waals surface area contributed by atoms with Crippen molar-refractivity contribution in [2.75, 3.05) is 32.7 Å². The number of hydrogen-bond acceptors (Lipinski definition) is 3. The van der Waals surface area contributed by atoms with Crippen molar-refractivity contribution in [3.05, 3.63) is 34.9 Å². The van der Waals surface area contributed by atoms with Crippen molar-refractivity contribution in [1.82, 2.24) is 9.80 Å². The summed E-state index contributed by atoms with van der Waals surface area (Å²) in [7, 11) is 0. The number of benzene rings is 1. The van der Waals surface area contributed by atoms with Gasteiger partial charge in [-0.05, 0) is 38.3 Å². The van der Waals surface area contributed by atoms with Gasteiger partial charge in [-0.2, -0.15) is 0 Å². The quantitative estimate of drug-likeness (QED) is 0.904. The van der Waals surface area contributed by atoms with Gasteiger partial charge in [0.1, 0.15) is 0 Å². The van der Waals surface area contributed by atoms with Crippen LogP contribution < -0.4 is 5.73 Å². The van der Waals surface area contributed by atoms with Crippen LogP contribution in [0.1, 0.15) is 43.0 Å². The van der Waals surface area contributed by atoms with Gasteiger partial charge in [0.15, 0.2) is 0 Å². The molecule has 0 spiro atoms. The van der Waals surface area contributed by atoms with Gasteiger partial charge in [0, 0.05) is 44.8 Å². The molecule has 21 heavy (non-hydrogen) atoms. The molecule has 0 bridgehead atoms. The van der Waals surface area contributed by atoms with Crippen LogP contribution in [-0.4, -0.2) is 48.6 Å². The van der Waals surface area contributed by atoms with Crippen molar-refractivity contribution in [2.24, 2.45) is 5.73 Å². The maximum absolute atomic E-state index is 6.12. The summed E-state index contributed by atoms with van der Waals surface area (Å²) in [6.07, 6.45) is 1.23. The Morgan fingerprint density at radius 3 is 2.29 bits per heavy atom. The lowest BCUT2D eigenvalue weighted by atomic mass is 9.97. The lowest BCUT2D eigenvalue weighted by molar-refractivity contribution is 0.0742. The van der Waals surface area contributed by atoms with Crippen LogP contribution in [0.25, 0.3) is 0 Å². The van der Waals surface area contributed by atoms with Crippen LogP contribution in [0, 0.1) is 13.8 Å². The number of aryl methyl sites for hydroxylation is 2. The first kappa shape index (κ1) is 16.5.